The first-order chi connectivity index (χ1) is 17.8. The Bertz CT molecular complexity index is 1300. The van der Waals surface area contributed by atoms with Crippen LogP contribution in [-0.4, -0.2) is 11.9 Å². The molecule has 4 aromatic carbocycles. The molecule has 0 aliphatic heterocycles. The van der Waals surface area contributed by atoms with Gasteiger partial charge in [0.15, 0.2) is 0 Å². The smallest absolute Gasteiger partial charge is 0.436 e. The molecular weight excluding hydrogens is 483 g/mol. The highest BCUT2D eigenvalue weighted by molar-refractivity contribution is 6.50. The first kappa shape index (κ1) is 25.6. The summed E-state index contributed by atoms with van der Waals surface area (Å²) in [7, 11) is -6.00. The Labute approximate surface area is 212 Å². The minimum absolute atomic E-state index is 0.692. The third-order valence-electron chi connectivity index (χ3n) is 5.14. The highest BCUT2D eigenvalue weighted by Gasteiger charge is 2.34. The van der Waals surface area contributed by atoms with E-state index < -0.39 is 7.25 Å². The molecule has 188 valence electrons. The molecule has 4 nitrogen and oxygen atoms in total. The van der Waals surface area contributed by atoms with Gasteiger partial charge in [-0.15, -0.1) is 0 Å². The number of halogens is 4. The number of nitrogens with zero attached hydrogens (tertiary/aromatic N) is 2. The third-order valence-corrected chi connectivity index (χ3v) is 5.14. The summed E-state index contributed by atoms with van der Waals surface area (Å²) in [5.41, 5.74) is 2.83. The summed E-state index contributed by atoms with van der Waals surface area (Å²) in [6.07, 6.45) is 0. The minimum Gasteiger partial charge on any atom is -0.436 e. The van der Waals surface area contributed by atoms with Crippen molar-refractivity contribution in [2.45, 2.75) is 6.92 Å². The van der Waals surface area contributed by atoms with E-state index in [2.05, 4.69) is 33.6 Å². The fourth-order valence-electron chi connectivity index (χ4n) is 3.63. The zero-order valence-electron chi connectivity index (χ0n) is 19.8. The Hall–Kier alpha value is -4.53. The van der Waals surface area contributed by atoms with Crippen LogP contribution < -0.4 is 14.2 Å². The van der Waals surface area contributed by atoms with Crippen molar-refractivity contribution in [1.29, 1.82) is 0 Å². The van der Waals surface area contributed by atoms with Gasteiger partial charge in [0.05, 0.1) is 0 Å². The van der Waals surface area contributed by atoms with Crippen molar-refractivity contribution < 1.29 is 31.4 Å². The van der Waals surface area contributed by atoms with Crippen LogP contribution in [-0.2, 0) is 0 Å². The van der Waals surface area contributed by atoms with Gasteiger partial charge in [-0.3, -0.25) is 0 Å². The summed E-state index contributed by atoms with van der Waals surface area (Å²) < 4.78 is 56.0. The number of hydrogen-bond donors (Lipinski definition) is 0. The Morgan fingerprint density at radius 1 is 0.595 bits per heavy atom. The zero-order valence-corrected chi connectivity index (χ0v) is 19.8. The SMILES string of the molecule is Cc1c(Oc2ccccc2)n(-c2ccccc2)[n+](-c2ccccc2)c1Oc1ccccc1.F[B-](F)(F)F. The number of rotatable bonds is 6. The van der Waals surface area contributed by atoms with E-state index in [4.69, 9.17) is 9.47 Å². The first-order valence-electron chi connectivity index (χ1n) is 11.4. The van der Waals surface area contributed by atoms with Gasteiger partial charge in [0.1, 0.15) is 22.7 Å². The second-order valence-corrected chi connectivity index (χ2v) is 7.86. The Balaban J connectivity index is 0.000000586. The molecule has 1 heterocycles. The highest BCUT2D eigenvalue weighted by Crippen LogP contribution is 2.35. The van der Waals surface area contributed by atoms with E-state index in [1.165, 1.54) is 0 Å². The van der Waals surface area contributed by atoms with Crippen molar-refractivity contribution in [2.24, 2.45) is 0 Å². The summed E-state index contributed by atoms with van der Waals surface area (Å²) >= 11 is 0. The lowest BCUT2D eigenvalue weighted by Crippen LogP contribution is -2.40. The lowest BCUT2D eigenvalue weighted by Gasteiger charge is -2.08. The molecule has 0 radical (unpaired) electrons. The molecule has 0 amide bonds. The van der Waals surface area contributed by atoms with Crippen LogP contribution in [0, 0.1) is 6.92 Å². The predicted octanol–water partition coefficient (Wildman–Crippen LogP) is 7.95. The van der Waals surface area contributed by atoms with Crippen molar-refractivity contribution in [2.75, 3.05) is 0 Å². The van der Waals surface area contributed by atoms with Gasteiger partial charge in [-0.05, 0) is 48.0 Å². The molecule has 0 spiro atoms. The summed E-state index contributed by atoms with van der Waals surface area (Å²) in [5, 5.41) is 0. The van der Waals surface area contributed by atoms with E-state index in [-0.39, 0.29) is 0 Å². The molecule has 5 aromatic rings. The summed E-state index contributed by atoms with van der Waals surface area (Å²) in [6, 6.07) is 39.9. The highest BCUT2D eigenvalue weighted by atomic mass is 19.5. The minimum atomic E-state index is -6.00. The quantitative estimate of drug-likeness (QED) is 0.133. The number of aromatic nitrogens is 2. The molecule has 0 aliphatic carbocycles. The summed E-state index contributed by atoms with van der Waals surface area (Å²) in [4.78, 5) is 0. The standard InChI is InChI=1S/C28H23N2O2.BF4/c1-22-27(31-25-18-10-4-11-19-25)29(23-14-6-2-7-15-23)30(24-16-8-3-9-17-24)28(22)32-26-20-12-5-13-21-26;2-1(3,4)5/h2-21H,1H3;/q+1;-1. The molecule has 0 atom stereocenters. The van der Waals surface area contributed by atoms with E-state index in [0.29, 0.717) is 11.8 Å². The molecule has 9 heteroatoms. The van der Waals surface area contributed by atoms with Crippen LogP contribution in [0.5, 0.6) is 23.3 Å². The molecule has 0 aliphatic rings. The Morgan fingerprint density at radius 2 is 1.00 bits per heavy atom. The largest absolute Gasteiger partial charge is 0.673 e. The molecular formula is C28H23BF4N2O2. The van der Waals surface area contributed by atoms with Crippen LogP contribution >= 0.6 is 0 Å². The zero-order chi connectivity index (χ0) is 26.3. The lowest BCUT2D eigenvalue weighted by molar-refractivity contribution is -0.679. The van der Waals surface area contributed by atoms with Gasteiger partial charge in [0.25, 0.3) is 5.88 Å². The lowest BCUT2D eigenvalue weighted by atomic mass is 10.3. The van der Waals surface area contributed by atoms with Gasteiger partial charge in [-0.25, -0.2) is 0 Å². The normalized spacial score (nSPS) is 10.8. The summed E-state index contributed by atoms with van der Waals surface area (Å²) in [5.74, 6) is 2.91. The predicted molar refractivity (Wildman–Crippen MR) is 135 cm³/mol. The fourth-order valence-corrected chi connectivity index (χ4v) is 3.63. The average molecular weight is 506 g/mol. The molecule has 0 unspecified atom stereocenters. The fraction of sp³-hybridized carbons (Fsp3) is 0.0357. The number of hydrogen-bond acceptors (Lipinski definition) is 2. The van der Waals surface area contributed by atoms with Crippen LogP contribution in [0.25, 0.3) is 11.4 Å². The van der Waals surface area contributed by atoms with Gasteiger partial charge in [0, 0.05) is 12.1 Å². The van der Waals surface area contributed by atoms with E-state index >= 15 is 0 Å². The van der Waals surface area contributed by atoms with E-state index in [0.717, 1.165) is 28.4 Å². The second-order valence-electron chi connectivity index (χ2n) is 7.86. The second kappa shape index (κ2) is 11.5. The molecule has 0 bridgehead atoms. The van der Waals surface area contributed by atoms with Gasteiger partial charge in [-0.2, -0.15) is 0 Å². The van der Waals surface area contributed by atoms with Gasteiger partial charge in [0.2, 0.25) is 5.69 Å². The van der Waals surface area contributed by atoms with Crippen molar-refractivity contribution in [3.8, 4) is 34.6 Å². The van der Waals surface area contributed by atoms with Crippen molar-refractivity contribution >= 4 is 7.25 Å². The molecule has 0 saturated heterocycles. The monoisotopic (exact) mass is 506 g/mol. The number of ether oxygens (including phenoxy) is 2. The molecule has 0 saturated carbocycles. The van der Waals surface area contributed by atoms with Crippen LogP contribution in [0.4, 0.5) is 17.3 Å². The van der Waals surface area contributed by atoms with Gasteiger partial charge in [-0.1, -0.05) is 77.5 Å². The van der Waals surface area contributed by atoms with E-state index in [9.17, 15) is 17.3 Å². The molecule has 1 aromatic heterocycles. The topological polar surface area (TPSA) is 27.3 Å². The maximum Gasteiger partial charge on any atom is 0.673 e. The number of para-hydroxylation sites is 4. The van der Waals surface area contributed by atoms with E-state index in [1.54, 1.807) is 0 Å². The van der Waals surface area contributed by atoms with Crippen LogP contribution in [0.1, 0.15) is 5.56 Å². The van der Waals surface area contributed by atoms with Crippen molar-refractivity contribution in [3.05, 3.63) is 127 Å². The first-order valence-corrected chi connectivity index (χ1v) is 11.4. The van der Waals surface area contributed by atoms with E-state index in [1.807, 2.05) is 104 Å². The molecule has 0 N–H and O–H groups in total. The van der Waals surface area contributed by atoms with Crippen LogP contribution in [0.3, 0.4) is 0 Å². The van der Waals surface area contributed by atoms with Gasteiger partial charge >= 0.3 is 13.1 Å². The molecule has 5 rings (SSSR count). The summed E-state index contributed by atoms with van der Waals surface area (Å²) in [6.45, 7) is 2.02. The van der Waals surface area contributed by atoms with Crippen LogP contribution in [0.15, 0.2) is 121 Å². The van der Waals surface area contributed by atoms with Gasteiger partial charge < -0.3 is 26.7 Å². The molecule has 0 fully saturated rings. The maximum absolute atomic E-state index is 9.75. The Kier molecular flexibility index (Phi) is 7.93. The van der Waals surface area contributed by atoms with Crippen LogP contribution in [0.2, 0.25) is 0 Å². The third kappa shape index (κ3) is 6.79. The Morgan fingerprint density at radius 3 is 1.49 bits per heavy atom. The molecule has 37 heavy (non-hydrogen) atoms. The number of benzene rings is 4. The van der Waals surface area contributed by atoms with Crippen molar-refractivity contribution in [3.63, 3.8) is 0 Å². The average Bonchev–Trinajstić information content (AvgIpc) is 3.16. The maximum atomic E-state index is 9.75. The van der Waals surface area contributed by atoms with Crippen molar-refractivity contribution in [1.82, 2.24) is 4.68 Å².